The van der Waals surface area contributed by atoms with E-state index in [2.05, 4.69) is 5.32 Å². The first-order valence-corrected chi connectivity index (χ1v) is 9.70. The zero-order chi connectivity index (χ0) is 24.1. The smallest absolute Gasteiger partial charge is 0.405 e. The number of hydrogen-bond acceptors (Lipinski definition) is 7. The van der Waals surface area contributed by atoms with Gasteiger partial charge in [0.2, 0.25) is 0 Å². The van der Waals surface area contributed by atoms with Gasteiger partial charge in [0.05, 0.1) is 5.69 Å². The average molecular weight is 452 g/mol. The van der Waals surface area contributed by atoms with Crippen molar-refractivity contribution in [3.8, 4) is 17.2 Å². The van der Waals surface area contributed by atoms with Crippen molar-refractivity contribution in [3.63, 3.8) is 0 Å². The van der Waals surface area contributed by atoms with E-state index in [1.54, 1.807) is 30.3 Å². The van der Waals surface area contributed by atoms with Crippen molar-refractivity contribution < 1.29 is 34.8 Å². The van der Waals surface area contributed by atoms with Gasteiger partial charge in [0.25, 0.3) is 5.91 Å². The van der Waals surface area contributed by atoms with Gasteiger partial charge >= 0.3 is 12.1 Å². The van der Waals surface area contributed by atoms with E-state index in [1.807, 2.05) is 12.1 Å². The van der Waals surface area contributed by atoms with Crippen LogP contribution in [0.1, 0.15) is 5.56 Å². The zero-order valence-electron chi connectivity index (χ0n) is 17.3. The van der Waals surface area contributed by atoms with E-state index < -0.39 is 47.0 Å². The molecule has 3 aromatic carbocycles. The molecular formula is C22H20N4O7. The number of likely N-dealkylation sites (N-methyl/N-ethyl adjacent to an activating group) is 1. The number of nitrogens with one attached hydrogen (secondary N) is 1. The fraction of sp³-hybridized carbons (Fsp3) is 0.136. The number of hydrogen-bond donors (Lipinski definition) is 6. The highest BCUT2D eigenvalue weighted by Gasteiger charge is 2.58. The lowest BCUT2D eigenvalue weighted by atomic mass is 9.82. The highest BCUT2D eigenvalue weighted by molar-refractivity contribution is 6.14. The maximum absolute atomic E-state index is 13.4. The first-order chi connectivity index (χ1) is 15.6. The van der Waals surface area contributed by atoms with Crippen LogP contribution in [0.5, 0.6) is 17.2 Å². The third-order valence-electron chi connectivity index (χ3n) is 5.71. The predicted octanol–water partition coefficient (Wildman–Crippen LogP) is 1.80. The molecule has 0 radical (unpaired) electrons. The Labute approximate surface area is 186 Å². The summed E-state index contributed by atoms with van der Waals surface area (Å²) in [6, 6.07) is 13.2. The zero-order valence-corrected chi connectivity index (χ0v) is 17.3. The minimum atomic E-state index is -2.34. The highest BCUT2D eigenvalue weighted by Crippen LogP contribution is 2.43. The number of amides is 4. The van der Waals surface area contributed by atoms with E-state index in [9.17, 15) is 34.8 Å². The SMILES string of the molecule is CN1C(=O)N(c2cccc3ccccc23)C(N)C(NC(=O)O)(c2cc(O)c(O)c(O)c2)C1=O. The van der Waals surface area contributed by atoms with Crippen molar-refractivity contribution in [3.05, 3.63) is 60.2 Å². The molecule has 11 nitrogen and oxygen atoms in total. The van der Waals surface area contributed by atoms with Gasteiger partial charge in [-0.1, -0.05) is 36.4 Å². The second-order valence-corrected chi connectivity index (χ2v) is 7.56. The van der Waals surface area contributed by atoms with E-state index in [-0.39, 0.29) is 5.56 Å². The number of phenolic OH excluding ortho intramolecular Hbond substituents is 3. The molecule has 1 heterocycles. The molecule has 170 valence electrons. The van der Waals surface area contributed by atoms with Crippen molar-refractivity contribution in [1.29, 1.82) is 0 Å². The summed E-state index contributed by atoms with van der Waals surface area (Å²) >= 11 is 0. The first-order valence-electron chi connectivity index (χ1n) is 9.70. The van der Waals surface area contributed by atoms with Crippen LogP contribution in [0.15, 0.2) is 54.6 Å². The summed E-state index contributed by atoms with van der Waals surface area (Å²) in [5, 5.41) is 42.9. The molecule has 1 saturated heterocycles. The first kappa shape index (κ1) is 21.7. The maximum Gasteiger partial charge on any atom is 0.405 e. The number of carbonyl (C=O) groups excluding carboxylic acids is 2. The molecule has 0 spiro atoms. The van der Waals surface area contributed by atoms with Gasteiger partial charge in [-0.15, -0.1) is 0 Å². The Morgan fingerprint density at radius 3 is 2.27 bits per heavy atom. The minimum absolute atomic E-state index is 0.278. The number of nitrogens with zero attached hydrogens (tertiary/aromatic N) is 2. The molecule has 3 aromatic rings. The summed E-state index contributed by atoms with van der Waals surface area (Å²) in [6.07, 6.45) is -3.29. The highest BCUT2D eigenvalue weighted by atomic mass is 16.4. The summed E-state index contributed by atoms with van der Waals surface area (Å²) in [6.45, 7) is 0. The van der Waals surface area contributed by atoms with E-state index in [1.165, 1.54) is 0 Å². The Kier molecular flexibility index (Phi) is 4.98. The molecule has 0 aromatic heterocycles. The third kappa shape index (κ3) is 3.13. The number of urea groups is 1. The Hall–Kier alpha value is -4.51. The van der Waals surface area contributed by atoms with Crippen LogP contribution in [0.2, 0.25) is 0 Å². The van der Waals surface area contributed by atoms with E-state index in [0.717, 1.165) is 29.5 Å². The van der Waals surface area contributed by atoms with Crippen LogP contribution < -0.4 is 16.0 Å². The van der Waals surface area contributed by atoms with Crippen molar-refractivity contribution in [1.82, 2.24) is 10.2 Å². The van der Waals surface area contributed by atoms with Crippen LogP contribution in [-0.4, -0.2) is 56.6 Å². The standard InChI is InChI=1S/C22H20N4O7/c1-25-19(30)22(24-20(31)32,12-9-15(27)17(29)16(28)10-12)18(23)26(21(25)33)14-8-4-6-11-5-2-3-7-13(11)14/h2-10,18,24,27-29H,23H2,1H3,(H,31,32). The molecule has 7 N–H and O–H groups in total. The van der Waals surface area contributed by atoms with Gasteiger partial charge in [-0.05, 0) is 29.1 Å². The van der Waals surface area contributed by atoms with Crippen LogP contribution in [0, 0.1) is 0 Å². The predicted molar refractivity (Wildman–Crippen MR) is 117 cm³/mol. The van der Waals surface area contributed by atoms with Gasteiger partial charge in [0.15, 0.2) is 22.8 Å². The second kappa shape index (κ2) is 7.57. The number of rotatable bonds is 3. The molecule has 0 bridgehead atoms. The summed E-state index contributed by atoms with van der Waals surface area (Å²) in [5.74, 6) is -3.53. The molecule has 4 amide bonds. The van der Waals surface area contributed by atoms with Gasteiger partial charge in [-0.2, -0.15) is 0 Å². The number of benzene rings is 3. The van der Waals surface area contributed by atoms with Crippen LogP contribution in [0.4, 0.5) is 15.3 Å². The molecule has 1 aliphatic heterocycles. The van der Waals surface area contributed by atoms with Gasteiger partial charge in [0, 0.05) is 12.4 Å². The lowest BCUT2D eigenvalue weighted by molar-refractivity contribution is -0.137. The summed E-state index contributed by atoms with van der Waals surface area (Å²) in [7, 11) is 1.16. The monoisotopic (exact) mass is 452 g/mol. The molecule has 1 aliphatic rings. The fourth-order valence-electron chi connectivity index (χ4n) is 4.12. The Balaban J connectivity index is 2.01. The summed E-state index contributed by atoms with van der Waals surface area (Å²) in [5.41, 5.74) is 4.15. The summed E-state index contributed by atoms with van der Waals surface area (Å²) in [4.78, 5) is 40.2. The van der Waals surface area contributed by atoms with Crippen molar-refractivity contribution in [2.24, 2.45) is 5.73 Å². The largest absolute Gasteiger partial charge is 0.504 e. The van der Waals surface area contributed by atoms with Crippen LogP contribution >= 0.6 is 0 Å². The molecule has 33 heavy (non-hydrogen) atoms. The lowest BCUT2D eigenvalue weighted by Gasteiger charge is -2.49. The number of phenols is 3. The number of nitrogens with two attached hydrogens (primary N) is 1. The van der Waals surface area contributed by atoms with Gasteiger partial charge in [0.1, 0.15) is 6.17 Å². The molecule has 0 aliphatic carbocycles. The molecule has 11 heteroatoms. The van der Waals surface area contributed by atoms with Crippen LogP contribution in [0.3, 0.4) is 0 Å². The normalized spacial score (nSPS) is 20.8. The average Bonchev–Trinajstić information content (AvgIpc) is 2.78. The quantitative estimate of drug-likeness (QED) is 0.326. The topological polar surface area (TPSA) is 177 Å². The van der Waals surface area contributed by atoms with Crippen LogP contribution in [0.25, 0.3) is 10.8 Å². The number of anilines is 1. The fourth-order valence-corrected chi connectivity index (χ4v) is 4.12. The molecule has 0 saturated carbocycles. The molecular weight excluding hydrogens is 432 g/mol. The lowest BCUT2D eigenvalue weighted by Crippen LogP contribution is -2.76. The minimum Gasteiger partial charge on any atom is -0.504 e. The van der Waals surface area contributed by atoms with Crippen molar-refractivity contribution >= 4 is 34.5 Å². The van der Waals surface area contributed by atoms with E-state index in [4.69, 9.17) is 5.73 Å². The van der Waals surface area contributed by atoms with Crippen molar-refractivity contribution in [2.45, 2.75) is 11.7 Å². The molecule has 2 atom stereocenters. The van der Waals surface area contributed by atoms with Crippen LogP contribution in [-0.2, 0) is 10.3 Å². The van der Waals surface area contributed by atoms with Gasteiger partial charge in [-0.25, -0.2) is 9.59 Å². The second-order valence-electron chi connectivity index (χ2n) is 7.56. The maximum atomic E-state index is 13.4. The van der Waals surface area contributed by atoms with Crippen molar-refractivity contribution in [2.75, 3.05) is 11.9 Å². The number of carboxylic acid groups (broad SMARTS) is 1. The van der Waals surface area contributed by atoms with Gasteiger partial charge in [-0.3, -0.25) is 14.6 Å². The number of imide groups is 1. The number of carbonyl (C=O) groups is 3. The Morgan fingerprint density at radius 2 is 1.64 bits per heavy atom. The van der Waals surface area contributed by atoms with Gasteiger partial charge < -0.3 is 31.5 Å². The summed E-state index contributed by atoms with van der Waals surface area (Å²) < 4.78 is 0. The van der Waals surface area contributed by atoms with E-state index in [0.29, 0.717) is 16.0 Å². The molecule has 2 unspecified atom stereocenters. The number of aromatic hydroxyl groups is 3. The Bertz CT molecular complexity index is 1280. The van der Waals surface area contributed by atoms with E-state index >= 15 is 0 Å². The molecule has 1 fully saturated rings. The molecule has 4 rings (SSSR count). The Morgan fingerprint density at radius 1 is 1.03 bits per heavy atom. The number of fused-ring (bicyclic) bond motifs is 1. The third-order valence-corrected chi connectivity index (χ3v) is 5.71.